The van der Waals surface area contributed by atoms with Gasteiger partial charge < -0.3 is 0 Å². The van der Waals surface area contributed by atoms with E-state index in [9.17, 15) is 0 Å². The molecule has 6 heteroatoms. The Bertz CT molecular complexity index is 609. The number of benzene rings is 1. The number of rotatable bonds is 3. The average molecular weight is 328 g/mol. The van der Waals surface area contributed by atoms with Gasteiger partial charge in [0.2, 0.25) is 5.13 Å². The molecule has 20 heavy (non-hydrogen) atoms. The Hall–Kier alpha value is -1.10. The van der Waals surface area contributed by atoms with Gasteiger partial charge in [-0.3, -0.25) is 5.43 Å². The standard InChI is InChI=1S/C14H15Cl2N3S/c1-14(2,3)12-8-20-13(18-12)19-17-7-9-10(15)5-4-6-11(9)16/h4-8H,1-3H3,(H,18,19)/b17-7+. The summed E-state index contributed by atoms with van der Waals surface area (Å²) in [6.45, 7) is 6.37. The van der Waals surface area contributed by atoms with Gasteiger partial charge in [-0.1, -0.05) is 50.0 Å². The summed E-state index contributed by atoms with van der Waals surface area (Å²) in [6, 6.07) is 5.34. The van der Waals surface area contributed by atoms with Crippen LogP contribution in [0.25, 0.3) is 0 Å². The second-order valence-corrected chi connectivity index (χ2v) is 6.97. The van der Waals surface area contributed by atoms with E-state index >= 15 is 0 Å². The molecule has 2 aromatic rings. The van der Waals surface area contributed by atoms with Crippen LogP contribution in [0.4, 0.5) is 5.13 Å². The predicted molar refractivity (Wildman–Crippen MR) is 88.5 cm³/mol. The highest BCUT2D eigenvalue weighted by Gasteiger charge is 2.17. The Labute approximate surface area is 132 Å². The predicted octanol–water partition coefficient (Wildman–Crippen LogP) is 5.19. The third-order valence-corrected chi connectivity index (χ3v) is 4.03. The van der Waals surface area contributed by atoms with Crippen molar-refractivity contribution < 1.29 is 0 Å². The van der Waals surface area contributed by atoms with E-state index in [1.54, 1.807) is 24.4 Å². The van der Waals surface area contributed by atoms with E-state index < -0.39 is 0 Å². The number of nitrogens with one attached hydrogen (secondary N) is 1. The van der Waals surface area contributed by atoms with E-state index in [1.807, 2.05) is 5.38 Å². The molecular formula is C14H15Cl2N3S. The molecule has 0 atom stereocenters. The van der Waals surface area contributed by atoms with E-state index in [-0.39, 0.29) is 5.41 Å². The van der Waals surface area contributed by atoms with Gasteiger partial charge in [0.25, 0.3) is 0 Å². The first-order chi connectivity index (χ1) is 9.38. The number of hydrogen-bond donors (Lipinski definition) is 1. The van der Waals surface area contributed by atoms with Crippen LogP contribution >= 0.6 is 34.5 Å². The number of hydrogen-bond acceptors (Lipinski definition) is 4. The minimum Gasteiger partial charge on any atom is -0.253 e. The van der Waals surface area contributed by atoms with Gasteiger partial charge in [0.1, 0.15) is 0 Å². The molecule has 2 rings (SSSR count). The normalized spacial score (nSPS) is 12.1. The number of hydrazone groups is 1. The zero-order valence-electron chi connectivity index (χ0n) is 11.4. The molecule has 3 nitrogen and oxygen atoms in total. The first kappa shape index (κ1) is 15.3. The van der Waals surface area contributed by atoms with Gasteiger partial charge in [-0.15, -0.1) is 11.3 Å². The second kappa shape index (κ2) is 6.12. The number of aromatic nitrogens is 1. The van der Waals surface area contributed by atoms with Crippen LogP contribution in [0.2, 0.25) is 10.0 Å². The Morgan fingerprint density at radius 1 is 1.25 bits per heavy atom. The quantitative estimate of drug-likeness (QED) is 0.621. The molecule has 0 spiro atoms. The lowest BCUT2D eigenvalue weighted by Crippen LogP contribution is -2.11. The van der Waals surface area contributed by atoms with Crippen molar-refractivity contribution in [2.24, 2.45) is 5.10 Å². The molecule has 0 amide bonds. The summed E-state index contributed by atoms with van der Waals surface area (Å²) >= 11 is 13.6. The lowest BCUT2D eigenvalue weighted by atomic mass is 9.93. The van der Waals surface area contributed by atoms with E-state index in [0.29, 0.717) is 15.6 Å². The molecule has 0 fully saturated rings. The fraction of sp³-hybridized carbons (Fsp3) is 0.286. The first-order valence-corrected chi connectivity index (χ1v) is 7.70. The molecule has 1 heterocycles. The minimum atomic E-state index is 0.0339. The Balaban J connectivity index is 2.09. The molecular weight excluding hydrogens is 313 g/mol. The van der Waals surface area contributed by atoms with Crippen molar-refractivity contribution >= 4 is 45.9 Å². The van der Waals surface area contributed by atoms with Crippen molar-refractivity contribution in [2.45, 2.75) is 26.2 Å². The van der Waals surface area contributed by atoms with Crippen molar-refractivity contribution in [1.29, 1.82) is 0 Å². The summed E-state index contributed by atoms with van der Waals surface area (Å²) in [4.78, 5) is 4.49. The molecule has 0 aliphatic heterocycles. The highest BCUT2D eigenvalue weighted by Crippen LogP contribution is 2.26. The van der Waals surface area contributed by atoms with Crippen molar-refractivity contribution in [3.8, 4) is 0 Å². The van der Waals surface area contributed by atoms with E-state index in [1.165, 1.54) is 11.3 Å². The summed E-state index contributed by atoms with van der Waals surface area (Å²) in [6.07, 6.45) is 1.60. The van der Waals surface area contributed by atoms with Gasteiger partial charge in [0, 0.05) is 16.4 Å². The average Bonchev–Trinajstić information content (AvgIpc) is 2.81. The van der Waals surface area contributed by atoms with E-state index in [2.05, 4.69) is 36.3 Å². The van der Waals surface area contributed by atoms with Gasteiger partial charge in [0.15, 0.2) is 0 Å². The van der Waals surface area contributed by atoms with Gasteiger partial charge in [-0.25, -0.2) is 4.98 Å². The van der Waals surface area contributed by atoms with Crippen LogP contribution < -0.4 is 5.43 Å². The SMILES string of the molecule is CC(C)(C)c1csc(N/N=C/c2c(Cl)cccc2Cl)n1. The maximum atomic E-state index is 6.06. The second-order valence-electron chi connectivity index (χ2n) is 5.29. The van der Waals surface area contributed by atoms with Crippen LogP contribution in [0.1, 0.15) is 32.0 Å². The Morgan fingerprint density at radius 3 is 2.45 bits per heavy atom. The molecule has 0 aliphatic rings. The molecule has 0 unspecified atom stereocenters. The van der Waals surface area contributed by atoms with Crippen LogP contribution in [0.5, 0.6) is 0 Å². The lowest BCUT2D eigenvalue weighted by Gasteiger charge is -2.13. The summed E-state index contributed by atoms with van der Waals surface area (Å²) < 4.78 is 0. The third-order valence-electron chi connectivity index (χ3n) is 2.63. The molecule has 0 saturated heterocycles. The third kappa shape index (κ3) is 3.72. The molecule has 1 N–H and O–H groups in total. The molecule has 0 radical (unpaired) electrons. The molecule has 106 valence electrons. The summed E-state index contributed by atoms with van der Waals surface area (Å²) in [5, 5.41) is 8.04. The van der Waals surface area contributed by atoms with Crippen molar-refractivity contribution in [3.05, 3.63) is 44.9 Å². The monoisotopic (exact) mass is 327 g/mol. The largest absolute Gasteiger partial charge is 0.253 e. The van der Waals surface area contributed by atoms with Crippen molar-refractivity contribution in [3.63, 3.8) is 0 Å². The smallest absolute Gasteiger partial charge is 0.203 e. The van der Waals surface area contributed by atoms with E-state index in [4.69, 9.17) is 23.2 Å². The fourth-order valence-corrected chi connectivity index (χ4v) is 2.84. The molecule has 1 aromatic carbocycles. The number of anilines is 1. The van der Waals surface area contributed by atoms with Gasteiger partial charge >= 0.3 is 0 Å². The Kier molecular flexibility index (Phi) is 4.68. The molecule has 0 bridgehead atoms. The maximum Gasteiger partial charge on any atom is 0.203 e. The molecule has 0 saturated carbocycles. The maximum absolute atomic E-state index is 6.06. The fourth-order valence-electron chi connectivity index (χ4n) is 1.46. The Morgan fingerprint density at radius 2 is 1.90 bits per heavy atom. The van der Waals surface area contributed by atoms with Crippen LogP contribution in [0.3, 0.4) is 0 Å². The molecule has 1 aromatic heterocycles. The first-order valence-electron chi connectivity index (χ1n) is 6.07. The topological polar surface area (TPSA) is 37.3 Å². The van der Waals surface area contributed by atoms with Crippen molar-refractivity contribution in [1.82, 2.24) is 4.98 Å². The van der Waals surface area contributed by atoms with Gasteiger partial charge in [0.05, 0.1) is 22.0 Å². The van der Waals surface area contributed by atoms with Crippen molar-refractivity contribution in [2.75, 3.05) is 5.43 Å². The molecule has 0 aliphatic carbocycles. The van der Waals surface area contributed by atoms with Crippen LogP contribution in [0, 0.1) is 0 Å². The minimum absolute atomic E-state index is 0.0339. The number of nitrogens with zero attached hydrogens (tertiary/aromatic N) is 2. The highest BCUT2D eigenvalue weighted by molar-refractivity contribution is 7.13. The van der Waals surface area contributed by atoms with E-state index in [0.717, 1.165) is 10.8 Å². The number of halogens is 2. The lowest BCUT2D eigenvalue weighted by molar-refractivity contribution is 0.573. The number of thiazole rings is 1. The van der Waals surface area contributed by atoms with Gasteiger partial charge in [-0.2, -0.15) is 5.10 Å². The summed E-state index contributed by atoms with van der Waals surface area (Å²) in [5.41, 5.74) is 4.66. The zero-order valence-corrected chi connectivity index (χ0v) is 13.8. The summed E-state index contributed by atoms with van der Waals surface area (Å²) in [5.74, 6) is 0. The van der Waals surface area contributed by atoms with Crippen LogP contribution in [-0.4, -0.2) is 11.2 Å². The van der Waals surface area contributed by atoms with Crippen LogP contribution in [-0.2, 0) is 5.41 Å². The van der Waals surface area contributed by atoms with Gasteiger partial charge in [-0.05, 0) is 12.1 Å². The highest BCUT2D eigenvalue weighted by atomic mass is 35.5. The van der Waals surface area contributed by atoms with Crippen LogP contribution in [0.15, 0.2) is 28.7 Å². The summed E-state index contributed by atoms with van der Waals surface area (Å²) in [7, 11) is 0. The zero-order chi connectivity index (χ0) is 14.8.